The number of hydrogen-bond donors (Lipinski definition) is 2. The van der Waals surface area contributed by atoms with Crippen LogP contribution >= 0.6 is 0 Å². The highest BCUT2D eigenvalue weighted by atomic mass is 16.5. The highest BCUT2D eigenvalue weighted by molar-refractivity contribution is 5.71. The summed E-state index contributed by atoms with van der Waals surface area (Å²) in [6.07, 6.45) is 5.40. The van der Waals surface area contributed by atoms with Gasteiger partial charge in [0.25, 0.3) is 0 Å². The van der Waals surface area contributed by atoms with Crippen molar-refractivity contribution in [2.75, 3.05) is 13.7 Å². The van der Waals surface area contributed by atoms with Crippen LogP contribution < -0.4 is 10.1 Å². The number of carbonyl (C=O) groups is 1. The monoisotopic (exact) mass is 289 g/mol. The number of carboxylic acids is 1. The molecule has 4 nitrogen and oxygen atoms in total. The van der Waals surface area contributed by atoms with Crippen molar-refractivity contribution >= 4 is 5.97 Å². The maximum Gasteiger partial charge on any atom is 0.307 e. The summed E-state index contributed by atoms with van der Waals surface area (Å²) in [7, 11) is 1.71. The number of benzene rings is 1. The zero-order valence-electron chi connectivity index (χ0n) is 12.7. The minimum atomic E-state index is -0.709. The van der Waals surface area contributed by atoms with Crippen LogP contribution in [-0.4, -0.2) is 24.7 Å². The summed E-state index contributed by atoms with van der Waals surface area (Å²) in [5, 5.41) is 12.6. The van der Waals surface area contributed by atoms with Gasteiger partial charge >= 0.3 is 5.97 Å². The van der Waals surface area contributed by atoms with Gasteiger partial charge in [0.15, 0.2) is 0 Å². The van der Waals surface area contributed by atoms with Crippen molar-refractivity contribution < 1.29 is 14.6 Å². The predicted octanol–water partition coefficient (Wildman–Crippen LogP) is 2.62. The average Bonchev–Trinajstić information content (AvgIpc) is 2.96. The van der Waals surface area contributed by atoms with Gasteiger partial charge in [0, 0.05) is 18.2 Å². The van der Waals surface area contributed by atoms with Gasteiger partial charge in [-0.05, 0) is 61.8 Å². The Morgan fingerprint density at radius 2 is 2.14 bits per heavy atom. The minimum absolute atomic E-state index is 0.0910. The molecule has 1 heterocycles. The van der Waals surface area contributed by atoms with E-state index < -0.39 is 5.97 Å². The predicted molar refractivity (Wildman–Crippen MR) is 80.9 cm³/mol. The van der Waals surface area contributed by atoms with Crippen molar-refractivity contribution in [2.24, 2.45) is 5.92 Å². The first kappa shape index (κ1) is 14.4. The van der Waals surface area contributed by atoms with E-state index >= 15 is 0 Å². The molecule has 1 aromatic rings. The number of aliphatic carboxylic acids is 1. The zero-order chi connectivity index (χ0) is 15.0. The largest absolute Gasteiger partial charge is 0.496 e. The molecule has 2 atom stereocenters. The molecule has 0 saturated carbocycles. The molecule has 0 aromatic heterocycles. The van der Waals surface area contributed by atoms with E-state index in [0.717, 1.165) is 18.6 Å². The lowest BCUT2D eigenvalue weighted by molar-refractivity contribution is -0.141. The Kier molecular flexibility index (Phi) is 3.89. The summed E-state index contributed by atoms with van der Waals surface area (Å²) in [4.78, 5) is 11.2. The van der Waals surface area contributed by atoms with Gasteiger partial charge < -0.3 is 15.2 Å². The molecular formula is C17H23NO3. The highest BCUT2D eigenvalue weighted by Gasteiger charge is 2.33. The van der Waals surface area contributed by atoms with E-state index in [4.69, 9.17) is 4.74 Å². The molecule has 1 fully saturated rings. The van der Waals surface area contributed by atoms with Gasteiger partial charge in [-0.1, -0.05) is 0 Å². The number of fused-ring (bicyclic) bond motifs is 1. The third-order valence-corrected chi connectivity index (χ3v) is 4.99. The van der Waals surface area contributed by atoms with E-state index in [0.29, 0.717) is 13.0 Å². The molecule has 3 rings (SSSR count). The van der Waals surface area contributed by atoms with Gasteiger partial charge in [-0.15, -0.1) is 0 Å². The van der Waals surface area contributed by atoms with Crippen molar-refractivity contribution in [1.29, 1.82) is 0 Å². The van der Waals surface area contributed by atoms with Crippen LogP contribution in [0.5, 0.6) is 5.75 Å². The molecule has 4 heteroatoms. The number of nitrogens with one attached hydrogen (secondary N) is 1. The van der Waals surface area contributed by atoms with Gasteiger partial charge in [0.1, 0.15) is 5.75 Å². The Balaban J connectivity index is 1.99. The van der Waals surface area contributed by atoms with Crippen molar-refractivity contribution in [3.8, 4) is 5.75 Å². The fourth-order valence-corrected chi connectivity index (χ4v) is 3.85. The highest BCUT2D eigenvalue weighted by Crippen LogP contribution is 2.40. The first-order chi connectivity index (χ1) is 10.1. The molecule has 2 aliphatic rings. The van der Waals surface area contributed by atoms with Crippen LogP contribution in [0.3, 0.4) is 0 Å². The van der Waals surface area contributed by atoms with Crippen molar-refractivity contribution in [3.63, 3.8) is 0 Å². The van der Waals surface area contributed by atoms with Crippen LogP contribution in [0.4, 0.5) is 0 Å². The minimum Gasteiger partial charge on any atom is -0.496 e. The molecule has 2 N–H and O–H groups in total. The molecule has 2 unspecified atom stereocenters. The second-order valence-electron chi connectivity index (χ2n) is 6.19. The summed E-state index contributed by atoms with van der Waals surface area (Å²) in [5.74, 6) is -0.0913. The quantitative estimate of drug-likeness (QED) is 0.898. The number of ether oxygens (including phenoxy) is 1. The lowest BCUT2D eigenvalue weighted by atomic mass is 9.83. The van der Waals surface area contributed by atoms with Gasteiger partial charge in [0.2, 0.25) is 0 Å². The van der Waals surface area contributed by atoms with E-state index in [1.165, 1.54) is 35.1 Å². The topological polar surface area (TPSA) is 58.6 Å². The molecule has 0 radical (unpaired) electrons. The second kappa shape index (κ2) is 5.68. The molecule has 114 valence electrons. The second-order valence-corrected chi connectivity index (χ2v) is 6.19. The molecule has 0 bridgehead atoms. The molecule has 0 amide bonds. The van der Waals surface area contributed by atoms with E-state index in [-0.39, 0.29) is 12.0 Å². The van der Waals surface area contributed by atoms with Gasteiger partial charge in [-0.25, -0.2) is 0 Å². The Hall–Kier alpha value is -1.55. The summed E-state index contributed by atoms with van der Waals surface area (Å²) >= 11 is 0. The Morgan fingerprint density at radius 1 is 1.38 bits per heavy atom. The van der Waals surface area contributed by atoms with Gasteiger partial charge in [-0.3, -0.25) is 4.79 Å². The van der Waals surface area contributed by atoms with Crippen LogP contribution in [0.25, 0.3) is 0 Å². The number of rotatable bonds is 3. The molecule has 1 saturated heterocycles. The first-order valence-electron chi connectivity index (χ1n) is 7.77. The van der Waals surface area contributed by atoms with Crippen LogP contribution in [0.1, 0.15) is 47.6 Å². The zero-order valence-corrected chi connectivity index (χ0v) is 12.7. The van der Waals surface area contributed by atoms with Crippen LogP contribution in [0.15, 0.2) is 6.07 Å². The van der Waals surface area contributed by atoms with Crippen molar-refractivity contribution in [2.45, 2.75) is 45.1 Å². The van der Waals surface area contributed by atoms with Crippen molar-refractivity contribution in [3.05, 3.63) is 28.3 Å². The van der Waals surface area contributed by atoms with Crippen LogP contribution in [0.2, 0.25) is 0 Å². The SMILES string of the molecule is COc1cc2c(c(C)c1C1CC(C(=O)O)CN1)CCCC2. The summed E-state index contributed by atoms with van der Waals surface area (Å²) in [5.41, 5.74) is 5.33. The Labute approximate surface area is 125 Å². The van der Waals surface area contributed by atoms with E-state index in [1.54, 1.807) is 7.11 Å². The first-order valence-corrected chi connectivity index (χ1v) is 7.77. The maximum absolute atomic E-state index is 11.2. The molecule has 21 heavy (non-hydrogen) atoms. The molecular weight excluding hydrogens is 266 g/mol. The molecule has 1 aliphatic carbocycles. The lowest BCUT2D eigenvalue weighted by Gasteiger charge is -2.25. The molecule has 1 aliphatic heterocycles. The summed E-state index contributed by atoms with van der Waals surface area (Å²) < 4.78 is 5.61. The van der Waals surface area contributed by atoms with E-state index in [1.807, 2.05) is 0 Å². The van der Waals surface area contributed by atoms with Crippen LogP contribution in [0, 0.1) is 12.8 Å². The summed E-state index contributed by atoms with van der Waals surface area (Å²) in [6, 6.07) is 2.26. The van der Waals surface area contributed by atoms with Gasteiger partial charge in [-0.2, -0.15) is 0 Å². The van der Waals surface area contributed by atoms with Crippen molar-refractivity contribution in [1.82, 2.24) is 5.32 Å². The Morgan fingerprint density at radius 3 is 2.81 bits per heavy atom. The van der Waals surface area contributed by atoms with Gasteiger partial charge in [0.05, 0.1) is 13.0 Å². The standard InChI is InChI=1S/C17H23NO3/c1-10-13-6-4-3-5-11(13)8-15(21-2)16(10)14-7-12(9-18-14)17(19)20/h8,12,14,18H,3-7,9H2,1-2H3,(H,19,20). The average molecular weight is 289 g/mol. The summed E-state index contributed by atoms with van der Waals surface area (Å²) in [6.45, 7) is 2.71. The normalized spacial score (nSPS) is 24.7. The number of aryl methyl sites for hydroxylation is 1. The third kappa shape index (κ3) is 2.53. The lowest BCUT2D eigenvalue weighted by Crippen LogP contribution is -2.19. The third-order valence-electron chi connectivity index (χ3n) is 4.99. The Bertz CT molecular complexity index is 568. The molecule has 1 aromatic carbocycles. The van der Waals surface area contributed by atoms with E-state index in [9.17, 15) is 9.90 Å². The number of methoxy groups -OCH3 is 1. The number of carboxylic acid groups (broad SMARTS) is 1. The maximum atomic E-state index is 11.2. The fourth-order valence-electron chi connectivity index (χ4n) is 3.85. The fraction of sp³-hybridized carbons (Fsp3) is 0.588. The van der Waals surface area contributed by atoms with E-state index in [2.05, 4.69) is 18.3 Å². The smallest absolute Gasteiger partial charge is 0.307 e. The van der Waals surface area contributed by atoms with Crippen LogP contribution in [-0.2, 0) is 17.6 Å². The number of hydrogen-bond acceptors (Lipinski definition) is 3. The molecule has 0 spiro atoms.